The predicted molar refractivity (Wildman–Crippen MR) is 76.5 cm³/mol. The van der Waals surface area contributed by atoms with E-state index in [0.717, 1.165) is 35.0 Å². The van der Waals surface area contributed by atoms with Gasteiger partial charge in [-0.05, 0) is 24.6 Å². The average molecular weight is 321 g/mol. The van der Waals surface area contributed by atoms with E-state index in [2.05, 4.69) is 31.2 Å². The Hall–Kier alpha value is -1.89. The van der Waals surface area contributed by atoms with Crippen LogP contribution >= 0.6 is 15.9 Å². The van der Waals surface area contributed by atoms with E-state index >= 15 is 0 Å². The molecule has 0 unspecified atom stereocenters. The zero-order valence-electron chi connectivity index (χ0n) is 10.2. The summed E-state index contributed by atoms with van der Waals surface area (Å²) in [5, 5.41) is 7.71. The molecule has 0 atom stereocenters. The summed E-state index contributed by atoms with van der Waals surface area (Å²) in [4.78, 5) is 4.37. The van der Waals surface area contributed by atoms with Crippen molar-refractivity contribution in [2.45, 2.75) is 19.5 Å². The van der Waals surface area contributed by atoms with Gasteiger partial charge in [-0.2, -0.15) is 0 Å². The third kappa shape index (κ3) is 2.46. The molecule has 0 bridgehead atoms. The number of aromatic nitrogens is 5. The first-order chi connectivity index (χ1) is 9.24. The van der Waals surface area contributed by atoms with Crippen LogP contribution < -0.4 is 5.73 Å². The molecule has 3 rings (SSSR count). The van der Waals surface area contributed by atoms with E-state index in [-0.39, 0.29) is 0 Å². The maximum Gasteiger partial charge on any atom is 0.201 e. The number of halogens is 1. The molecule has 0 aliphatic carbocycles. The summed E-state index contributed by atoms with van der Waals surface area (Å²) in [6.45, 7) is 1.62. The maximum absolute atomic E-state index is 5.96. The number of rotatable bonds is 4. The van der Waals surface area contributed by atoms with Gasteiger partial charge in [0.15, 0.2) is 0 Å². The van der Waals surface area contributed by atoms with Gasteiger partial charge in [-0.25, -0.2) is 4.98 Å². The fraction of sp³-hybridized carbons (Fsp3) is 0.250. The van der Waals surface area contributed by atoms with Gasteiger partial charge >= 0.3 is 0 Å². The monoisotopic (exact) mass is 320 g/mol. The molecule has 0 aliphatic heterocycles. The summed E-state index contributed by atoms with van der Waals surface area (Å²) in [6, 6.07) is 6.00. The van der Waals surface area contributed by atoms with Crippen LogP contribution in [0.5, 0.6) is 0 Å². The van der Waals surface area contributed by atoms with Crippen LogP contribution in [0, 0.1) is 0 Å². The van der Waals surface area contributed by atoms with Gasteiger partial charge < -0.3 is 10.3 Å². The van der Waals surface area contributed by atoms with E-state index in [4.69, 9.17) is 5.73 Å². The quantitative estimate of drug-likeness (QED) is 0.798. The summed E-state index contributed by atoms with van der Waals surface area (Å²) in [5.41, 5.74) is 7.93. The average Bonchev–Trinajstić information content (AvgIpc) is 2.98. The Labute approximate surface area is 118 Å². The van der Waals surface area contributed by atoms with Crippen LogP contribution in [0.25, 0.3) is 11.0 Å². The molecule has 6 nitrogen and oxygen atoms in total. The number of benzene rings is 1. The number of anilines is 1. The Bertz CT molecular complexity index is 688. The van der Waals surface area contributed by atoms with Crippen molar-refractivity contribution in [2.24, 2.45) is 0 Å². The Morgan fingerprint density at radius 1 is 1.26 bits per heavy atom. The van der Waals surface area contributed by atoms with Crippen molar-refractivity contribution in [3.63, 3.8) is 0 Å². The molecule has 3 aromatic rings. The van der Waals surface area contributed by atoms with Crippen molar-refractivity contribution in [1.29, 1.82) is 0 Å². The Morgan fingerprint density at radius 2 is 2.16 bits per heavy atom. The van der Waals surface area contributed by atoms with E-state index in [1.165, 1.54) is 0 Å². The molecule has 0 fully saturated rings. The molecule has 19 heavy (non-hydrogen) atoms. The number of hydrogen-bond acceptors (Lipinski definition) is 4. The fourth-order valence-corrected chi connectivity index (χ4v) is 2.45. The lowest BCUT2D eigenvalue weighted by Crippen LogP contribution is -2.07. The third-order valence-electron chi connectivity index (χ3n) is 2.98. The summed E-state index contributed by atoms with van der Waals surface area (Å²) in [6.07, 6.45) is 4.46. The first kappa shape index (κ1) is 12.2. The molecular weight excluding hydrogens is 308 g/mol. The summed E-state index contributed by atoms with van der Waals surface area (Å²) in [7, 11) is 0. The second-order valence-electron chi connectivity index (χ2n) is 4.27. The van der Waals surface area contributed by atoms with Crippen LogP contribution in [0.3, 0.4) is 0 Å². The van der Waals surface area contributed by atoms with Gasteiger partial charge in [-0.15, -0.1) is 5.10 Å². The SMILES string of the molecule is Nc1nc2cc(Br)ccc2n1CCCn1ccnn1. The Morgan fingerprint density at radius 3 is 2.95 bits per heavy atom. The number of nitrogens with two attached hydrogens (primary N) is 1. The second kappa shape index (κ2) is 5.00. The number of nitrogens with zero attached hydrogens (tertiary/aromatic N) is 5. The Kier molecular flexibility index (Phi) is 3.20. The largest absolute Gasteiger partial charge is 0.369 e. The van der Waals surface area contributed by atoms with E-state index < -0.39 is 0 Å². The van der Waals surface area contributed by atoms with Crippen molar-refractivity contribution in [3.8, 4) is 0 Å². The normalized spacial score (nSPS) is 11.2. The third-order valence-corrected chi connectivity index (χ3v) is 3.47. The van der Waals surface area contributed by atoms with Crippen molar-refractivity contribution >= 4 is 32.9 Å². The highest BCUT2D eigenvalue weighted by Gasteiger charge is 2.08. The van der Waals surface area contributed by atoms with Crippen molar-refractivity contribution in [3.05, 3.63) is 35.1 Å². The summed E-state index contributed by atoms with van der Waals surface area (Å²) in [5.74, 6) is 0.548. The zero-order valence-corrected chi connectivity index (χ0v) is 11.8. The summed E-state index contributed by atoms with van der Waals surface area (Å²) < 4.78 is 4.84. The first-order valence-corrected chi connectivity index (χ1v) is 6.79. The Balaban J connectivity index is 1.78. The number of imidazole rings is 1. The van der Waals surface area contributed by atoms with Crippen LogP contribution in [-0.4, -0.2) is 24.5 Å². The number of hydrogen-bond donors (Lipinski definition) is 1. The lowest BCUT2D eigenvalue weighted by Gasteiger charge is -2.06. The van der Waals surface area contributed by atoms with Gasteiger partial charge in [0.25, 0.3) is 0 Å². The lowest BCUT2D eigenvalue weighted by molar-refractivity contribution is 0.521. The topological polar surface area (TPSA) is 74.5 Å². The molecule has 0 aliphatic rings. The predicted octanol–water partition coefficient (Wildman–Crippen LogP) is 2.06. The molecule has 98 valence electrons. The van der Waals surface area contributed by atoms with E-state index in [1.54, 1.807) is 6.20 Å². The van der Waals surface area contributed by atoms with Gasteiger partial charge in [-0.3, -0.25) is 4.68 Å². The minimum atomic E-state index is 0.548. The highest BCUT2D eigenvalue weighted by Crippen LogP contribution is 2.22. The molecule has 0 amide bonds. The van der Waals surface area contributed by atoms with Crippen LogP contribution in [0.1, 0.15) is 6.42 Å². The molecule has 0 saturated heterocycles. The molecule has 0 saturated carbocycles. The van der Waals surface area contributed by atoms with Gasteiger partial charge in [0.05, 0.1) is 17.2 Å². The van der Waals surface area contributed by atoms with Crippen LogP contribution in [0.15, 0.2) is 35.1 Å². The van der Waals surface area contributed by atoms with Crippen molar-refractivity contribution in [2.75, 3.05) is 5.73 Å². The van der Waals surface area contributed by atoms with Crippen LogP contribution in [-0.2, 0) is 13.1 Å². The minimum Gasteiger partial charge on any atom is -0.369 e. The van der Waals surface area contributed by atoms with Crippen LogP contribution in [0.4, 0.5) is 5.95 Å². The van der Waals surface area contributed by atoms with Gasteiger partial charge in [0.2, 0.25) is 5.95 Å². The first-order valence-electron chi connectivity index (χ1n) is 5.99. The summed E-state index contributed by atoms with van der Waals surface area (Å²) >= 11 is 3.44. The second-order valence-corrected chi connectivity index (χ2v) is 5.19. The minimum absolute atomic E-state index is 0.548. The molecule has 2 N–H and O–H groups in total. The van der Waals surface area contributed by atoms with Crippen LogP contribution in [0.2, 0.25) is 0 Å². The molecule has 1 aromatic carbocycles. The lowest BCUT2D eigenvalue weighted by atomic mass is 10.3. The highest BCUT2D eigenvalue weighted by molar-refractivity contribution is 9.10. The van der Waals surface area contributed by atoms with Crippen molar-refractivity contribution < 1.29 is 0 Å². The van der Waals surface area contributed by atoms with E-state index in [0.29, 0.717) is 5.95 Å². The number of aryl methyl sites for hydroxylation is 2. The van der Waals surface area contributed by atoms with E-state index in [9.17, 15) is 0 Å². The molecule has 7 heteroatoms. The molecule has 2 heterocycles. The van der Waals surface area contributed by atoms with Gasteiger partial charge in [0, 0.05) is 23.8 Å². The van der Waals surface area contributed by atoms with Gasteiger partial charge in [-0.1, -0.05) is 21.1 Å². The highest BCUT2D eigenvalue weighted by atomic mass is 79.9. The molecular formula is C12H13BrN6. The fourth-order valence-electron chi connectivity index (χ4n) is 2.10. The molecule has 0 spiro atoms. The van der Waals surface area contributed by atoms with Gasteiger partial charge in [0.1, 0.15) is 0 Å². The zero-order chi connectivity index (χ0) is 13.2. The van der Waals surface area contributed by atoms with Crippen molar-refractivity contribution in [1.82, 2.24) is 24.5 Å². The standard InChI is InChI=1S/C12H13BrN6/c13-9-2-3-11-10(8-9)16-12(14)19(11)6-1-5-18-7-4-15-17-18/h2-4,7-8H,1,5-6H2,(H2,14,16). The number of nitrogen functional groups attached to an aromatic ring is 1. The maximum atomic E-state index is 5.96. The van der Waals surface area contributed by atoms with E-state index in [1.807, 2.05) is 33.6 Å². The number of fused-ring (bicyclic) bond motifs is 1. The molecule has 2 aromatic heterocycles. The molecule has 0 radical (unpaired) electrons. The smallest absolute Gasteiger partial charge is 0.201 e.